The van der Waals surface area contributed by atoms with Gasteiger partial charge in [-0.1, -0.05) is 30.2 Å². The maximum atomic E-state index is 12.5. The van der Waals surface area contributed by atoms with Gasteiger partial charge in [0.15, 0.2) is 0 Å². The predicted octanol–water partition coefficient (Wildman–Crippen LogP) is 2.59. The molecule has 6 heteroatoms. The number of thiazole rings is 1. The Bertz CT molecular complexity index is 730. The third-order valence-electron chi connectivity index (χ3n) is 4.59. The molecule has 23 heavy (non-hydrogen) atoms. The van der Waals surface area contributed by atoms with E-state index in [4.69, 9.17) is 0 Å². The van der Waals surface area contributed by atoms with Gasteiger partial charge in [0, 0.05) is 36.4 Å². The average Bonchev–Trinajstić information content (AvgIpc) is 3.15. The second kappa shape index (κ2) is 6.66. The van der Waals surface area contributed by atoms with Crippen LogP contribution < -0.4 is 10.2 Å². The Hall–Kier alpha value is -1.95. The van der Waals surface area contributed by atoms with Crippen LogP contribution in [0.4, 0.5) is 0 Å². The van der Waals surface area contributed by atoms with E-state index in [0.29, 0.717) is 13.0 Å². The van der Waals surface area contributed by atoms with E-state index in [1.807, 2.05) is 30.6 Å². The van der Waals surface area contributed by atoms with E-state index in [2.05, 4.69) is 10.3 Å². The standard InChI is InChI=1S/C17H21N3O2S/c1-13-12-23-16(22)20(13)10-6-15(21)19-17(7-2-3-8-17)14-5-4-9-18-11-14/h4-5,9,11-12H,2-3,6-8,10H2,1H3,(H,19,21). The summed E-state index contributed by atoms with van der Waals surface area (Å²) in [7, 11) is 0. The molecule has 0 spiro atoms. The summed E-state index contributed by atoms with van der Waals surface area (Å²) in [6.07, 6.45) is 8.03. The highest BCUT2D eigenvalue weighted by molar-refractivity contribution is 7.07. The van der Waals surface area contributed by atoms with Crippen molar-refractivity contribution >= 4 is 17.2 Å². The molecule has 0 saturated heterocycles. The first kappa shape index (κ1) is 15.9. The molecule has 1 amide bonds. The van der Waals surface area contributed by atoms with Crippen LogP contribution in [0.15, 0.2) is 34.7 Å². The van der Waals surface area contributed by atoms with Crippen LogP contribution in [0.1, 0.15) is 43.4 Å². The van der Waals surface area contributed by atoms with E-state index in [9.17, 15) is 9.59 Å². The first-order chi connectivity index (χ1) is 11.1. The Morgan fingerprint density at radius 3 is 2.83 bits per heavy atom. The Balaban J connectivity index is 1.69. The third-order valence-corrected chi connectivity index (χ3v) is 5.47. The molecule has 0 atom stereocenters. The molecule has 122 valence electrons. The normalized spacial score (nSPS) is 16.4. The topological polar surface area (TPSA) is 64.0 Å². The number of carbonyl (C=O) groups excluding carboxylic acids is 1. The monoisotopic (exact) mass is 331 g/mol. The highest BCUT2D eigenvalue weighted by Gasteiger charge is 2.37. The van der Waals surface area contributed by atoms with Gasteiger partial charge in [-0.25, -0.2) is 0 Å². The molecular formula is C17H21N3O2S. The van der Waals surface area contributed by atoms with Crippen LogP contribution in [-0.4, -0.2) is 15.5 Å². The number of pyridine rings is 1. The van der Waals surface area contributed by atoms with Crippen LogP contribution >= 0.6 is 11.3 Å². The van der Waals surface area contributed by atoms with Crippen LogP contribution in [0.3, 0.4) is 0 Å². The van der Waals surface area contributed by atoms with Gasteiger partial charge in [0.2, 0.25) is 5.91 Å². The first-order valence-electron chi connectivity index (χ1n) is 7.97. The molecule has 5 nitrogen and oxygen atoms in total. The predicted molar refractivity (Wildman–Crippen MR) is 90.5 cm³/mol. The molecule has 3 rings (SSSR count). The lowest BCUT2D eigenvalue weighted by Gasteiger charge is -2.30. The van der Waals surface area contributed by atoms with E-state index in [-0.39, 0.29) is 16.3 Å². The lowest BCUT2D eigenvalue weighted by molar-refractivity contribution is -0.123. The Kier molecular flexibility index (Phi) is 4.61. The summed E-state index contributed by atoms with van der Waals surface area (Å²) < 4.78 is 1.66. The molecule has 0 radical (unpaired) electrons. The number of hydrogen-bond donors (Lipinski definition) is 1. The molecule has 1 fully saturated rings. The number of rotatable bonds is 5. The SMILES string of the molecule is Cc1csc(=O)n1CCC(=O)NC1(c2cccnc2)CCCC1. The van der Waals surface area contributed by atoms with Crippen molar-refractivity contribution in [1.82, 2.24) is 14.9 Å². The van der Waals surface area contributed by atoms with Crippen LogP contribution in [0.5, 0.6) is 0 Å². The second-order valence-electron chi connectivity index (χ2n) is 6.12. The molecule has 2 aromatic heterocycles. The molecular weight excluding hydrogens is 310 g/mol. The van der Waals surface area contributed by atoms with Gasteiger partial charge in [-0.2, -0.15) is 0 Å². The minimum absolute atomic E-state index is 0.00172. The summed E-state index contributed by atoms with van der Waals surface area (Å²) >= 11 is 1.18. The van der Waals surface area contributed by atoms with Crippen LogP contribution in [-0.2, 0) is 16.9 Å². The van der Waals surface area contributed by atoms with Crippen molar-refractivity contribution in [2.45, 2.75) is 51.1 Å². The van der Waals surface area contributed by atoms with E-state index in [1.165, 1.54) is 11.3 Å². The number of aromatic nitrogens is 2. The first-order valence-corrected chi connectivity index (χ1v) is 8.85. The van der Waals surface area contributed by atoms with Crippen molar-refractivity contribution in [1.29, 1.82) is 0 Å². The zero-order chi connectivity index (χ0) is 16.3. The molecule has 0 aromatic carbocycles. The average molecular weight is 331 g/mol. The Morgan fingerprint density at radius 1 is 1.43 bits per heavy atom. The zero-order valence-electron chi connectivity index (χ0n) is 13.2. The van der Waals surface area contributed by atoms with Crippen LogP contribution in [0.2, 0.25) is 0 Å². The quantitative estimate of drug-likeness (QED) is 0.916. The van der Waals surface area contributed by atoms with Crippen LogP contribution in [0.25, 0.3) is 0 Å². The number of aryl methyl sites for hydroxylation is 1. The molecule has 1 aliphatic carbocycles. The maximum absolute atomic E-state index is 12.5. The fourth-order valence-electron chi connectivity index (χ4n) is 3.33. The summed E-state index contributed by atoms with van der Waals surface area (Å²) in [5.74, 6) is -0.00625. The molecule has 1 saturated carbocycles. The van der Waals surface area contributed by atoms with Crippen LogP contribution in [0, 0.1) is 6.92 Å². The number of amides is 1. The zero-order valence-corrected chi connectivity index (χ0v) is 14.1. The number of nitrogens with one attached hydrogen (secondary N) is 1. The molecule has 1 aliphatic rings. The third kappa shape index (κ3) is 3.37. The Labute approximate surface area is 139 Å². The van der Waals surface area contributed by atoms with Crippen molar-refractivity contribution in [3.05, 3.63) is 50.8 Å². The summed E-state index contributed by atoms with van der Waals surface area (Å²) in [5.41, 5.74) is 1.70. The minimum atomic E-state index is -0.292. The molecule has 0 aliphatic heterocycles. The lowest BCUT2D eigenvalue weighted by atomic mass is 9.89. The molecule has 0 bridgehead atoms. The van der Waals surface area contributed by atoms with Crippen molar-refractivity contribution in [3.8, 4) is 0 Å². The van der Waals surface area contributed by atoms with Gasteiger partial charge < -0.3 is 9.88 Å². The van der Waals surface area contributed by atoms with E-state index in [1.54, 1.807) is 10.8 Å². The fourth-order valence-corrected chi connectivity index (χ4v) is 4.09. The molecule has 0 unspecified atom stereocenters. The number of hydrogen-bond acceptors (Lipinski definition) is 4. The van der Waals surface area contributed by atoms with Crippen molar-refractivity contribution in [2.24, 2.45) is 0 Å². The molecule has 1 N–H and O–H groups in total. The smallest absolute Gasteiger partial charge is 0.307 e. The van der Waals surface area contributed by atoms with Gasteiger partial charge in [0.05, 0.1) is 5.54 Å². The minimum Gasteiger partial charge on any atom is -0.346 e. The number of nitrogens with zero attached hydrogens (tertiary/aromatic N) is 2. The summed E-state index contributed by atoms with van der Waals surface area (Å²) in [6.45, 7) is 2.33. The summed E-state index contributed by atoms with van der Waals surface area (Å²) in [5, 5.41) is 5.05. The van der Waals surface area contributed by atoms with E-state index < -0.39 is 0 Å². The second-order valence-corrected chi connectivity index (χ2v) is 6.94. The fraction of sp³-hybridized carbons (Fsp3) is 0.471. The van der Waals surface area contributed by atoms with Gasteiger partial charge >= 0.3 is 4.87 Å². The van der Waals surface area contributed by atoms with Gasteiger partial charge in [-0.15, -0.1) is 0 Å². The maximum Gasteiger partial charge on any atom is 0.307 e. The van der Waals surface area contributed by atoms with Gasteiger partial charge in [0.1, 0.15) is 0 Å². The van der Waals surface area contributed by atoms with E-state index in [0.717, 1.165) is 36.9 Å². The van der Waals surface area contributed by atoms with Crippen molar-refractivity contribution < 1.29 is 4.79 Å². The highest BCUT2D eigenvalue weighted by atomic mass is 32.1. The van der Waals surface area contributed by atoms with Gasteiger partial charge in [0.25, 0.3) is 0 Å². The summed E-state index contributed by atoms with van der Waals surface area (Å²) in [4.78, 5) is 28.4. The molecule has 2 aromatic rings. The Morgan fingerprint density at radius 2 is 2.22 bits per heavy atom. The largest absolute Gasteiger partial charge is 0.346 e. The van der Waals surface area contributed by atoms with Crippen molar-refractivity contribution in [3.63, 3.8) is 0 Å². The van der Waals surface area contributed by atoms with Gasteiger partial charge in [-0.05, 0) is 31.4 Å². The van der Waals surface area contributed by atoms with Crippen molar-refractivity contribution in [2.75, 3.05) is 0 Å². The van der Waals surface area contributed by atoms with E-state index >= 15 is 0 Å². The molecule has 2 heterocycles. The highest BCUT2D eigenvalue weighted by Crippen LogP contribution is 2.38. The number of carbonyl (C=O) groups is 1. The van der Waals surface area contributed by atoms with Gasteiger partial charge in [-0.3, -0.25) is 14.6 Å². The summed E-state index contributed by atoms with van der Waals surface area (Å²) in [6, 6.07) is 3.95. The lowest BCUT2D eigenvalue weighted by Crippen LogP contribution is -2.44.